The molecule has 0 saturated carbocycles. The van der Waals surface area contributed by atoms with Crippen LogP contribution in [-0.2, 0) is 4.79 Å². The summed E-state index contributed by atoms with van der Waals surface area (Å²) in [6.45, 7) is 1.94. The fraction of sp³-hybridized carbons (Fsp3) is 0.0476. The number of benzene rings is 2. The summed E-state index contributed by atoms with van der Waals surface area (Å²) < 4.78 is 5.74. The molecule has 0 bridgehead atoms. The topological polar surface area (TPSA) is 54.3 Å². The molecule has 0 atom stereocenters. The summed E-state index contributed by atoms with van der Waals surface area (Å²) in [7, 11) is 0. The third kappa shape index (κ3) is 5.45. The second kappa shape index (κ2) is 9.06. The van der Waals surface area contributed by atoms with Crippen molar-refractivity contribution in [3.63, 3.8) is 0 Å². The van der Waals surface area contributed by atoms with Crippen molar-refractivity contribution in [3.05, 3.63) is 82.0 Å². The van der Waals surface area contributed by atoms with Gasteiger partial charge in [0.2, 0.25) is 5.91 Å². The van der Waals surface area contributed by atoms with Crippen LogP contribution in [0.15, 0.2) is 65.1 Å². The van der Waals surface area contributed by atoms with Gasteiger partial charge in [0.1, 0.15) is 11.5 Å². The van der Waals surface area contributed by atoms with E-state index in [9.17, 15) is 4.79 Å². The number of halogens is 2. The maximum atomic E-state index is 12.0. The van der Waals surface area contributed by atoms with Crippen LogP contribution in [0, 0.1) is 6.92 Å². The van der Waals surface area contributed by atoms with Crippen molar-refractivity contribution in [1.29, 1.82) is 0 Å². The summed E-state index contributed by atoms with van der Waals surface area (Å²) in [6.07, 6.45) is 2.91. The third-order valence-corrected chi connectivity index (χ3v) is 4.65. The third-order valence-electron chi connectivity index (χ3n) is 3.80. The van der Waals surface area contributed by atoms with Crippen molar-refractivity contribution in [3.8, 4) is 11.3 Å². The van der Waals surface area contributed by atoms with Crippen molar-refractivity contribution in [2.24, 2.45) is 0 Å². The number of thiocarbonyl (C=S) groups is 1. The first-order chi connectivity index (χ1) is 13.4. The predicted molar refractivity (Wildman–Crippen MR) is 119 cm³/mol. The van der Waals surface area contributed by atoms with E-state index in [-0.39, 0.29) is 11.0 Å². The van der Waals surface area contributed by atoms with Gasteiger partial charge in [-0.05, 0) is 67.2 Å². The lowest BCUT2D eigenvalue weighted by Crippen LogP contribution is -2.32. The molecule has 1 aromatic heterocycles. The van der Waals surface area contributed by atoms with Gasteiger partial charge in [0.05, 0.1) is 0 Å². The Bertz CT molecular complexity index is 1060. The molecule has 7 heteroatoms. The normalized spacial score (nSPS) is 10.8. The van der Waals surface area contributed by atoms with Crippen molar-refractivity contribution in [2.45, 2.75) is 6.92 Å². The van der Waals surface area contributed by atoms with Crippen LogP contribution in [0.5, 0.6) is 0 Å². The van der Waals surface area contributed by atoms with Crippen LogP contribution in [0.1, 0.15) is 11.3 Å². The van der Waals surface area contributed by atoms with Crippen molar-refractivity contribution in [2.75, 3.05) is 5.32 Å². The molecule has 0 aliphatic rings. The molecule has 28 heavy (non-hydrogen) atoms. The van der Waals surface area contributed by atoms with Gasteiger partial charge >= 0.3 is 0 Å². The standard InChI is InChI=1S/C21H16Cl2N2O2S/c1-13-5-6-14(11-18(13)23)19-9-7-17(27-19)8-10-20(26)25-21(28)24-16-4-2-3-15(22)12-16/h2-12H,1H3,(H2,24,25,26,28)/b10-8+. The average Bonchev–Trinajstić information content (AvgIpc) is 3.11. The van der Waals surface area contributed by atoms with E-state index in [2.05, 4.69) is 10.6 Å². The molecule has 4 nitrogen and oxygen atoms in total. The molecule has 1 heterocycles. The molecule has 1 amide bonds. The highest BCUT2D eigenvalue weighted by molar-refractivity contribution is 7.80. The highest BCUT2D eigenvalue weighted by atomic mass is 35.5. The average molecular weight is 431 g/mol. The summed E-state index contributed by atoms with van der Waals surface area (Å²) >= 11 is 17.2. The van der Waals surface area contributed by atoms with Crippen LogP contribution < -0.4 is 10.6 Å². The number of nitrogens with one attached hydrogen (secondary N) is 2. The molecule has 142 valence electrons. The zero-order valence-corrected chi connectivity index (χ0v) is 17.2. The Morgan fingerprint density at radius 1 is 1.11 bits per heavy atom. The van der Waals surface area contributed by atoms with Gasteiger partial charge in [-0.3, -0.25) is 10.1 Å². The number of furan rings is 1. The SMILES string of the molecule is Cc1ccc(-c2ccc(/C=C/C(=O)NC(=S)Nc3cccc(Cl)c3)o2)cc1Cl. The van der Waals surface area contributed by atoms with E-state index < -0.39 is 0 Å². The Labute approximate surface area is 178 Å². The number of rotatable bonds is 4. The van der Waals surface area contributed by atoms with Gasteiger partial charge in [0, 0.05) is 27.4 Å². The van der Waals surface area contributed by atoms with Crippen molar-refractivity contribution < 1.29 is 9.21 Å². The largest absolute Gasteiger partial charge is 0.457 e. The summed E-state index contributed by atoms with van der Waals surface area (Å²) in [6, 6.07) is 16.3. The second-order valence-corrected chi connectivity index (χ2v) is 7.20. The molecule has 0 aliphatic carbocycles. The van der Waals surface area contributed by atoms with Crippen LogP contribution in [0.4, 0.5) is 5.69 Å². The Morgan fingerprint density at radius 2 is 1.93 bits per heavy atom. The van der Waals surface area contributed by atoms with E-state index in [0.717, 1.165) is 11.1 Å². The number of carbonyl (C=O) groups excluding carboxylic acids is 1. The molecule has 0 radical (unpaired) electrons. The molecule has 0 saturated heterocycles. The first-order valence-corrected chi connectivity index (χ1v) is 9.49. The van der Waals surface area contributed by atoms with Gasteiger partial charge in [-0.2, -0.15) is 0 Å². The molecule has 3 rings (SSSR count). The van der Waals surface area contributed by atoms with Gasteiger partial charge in [0.15, 0.2) is 5.11 Å². The van der Waals surface area contributed by atoms with E-state index in [1.807, 2.05) is 31.2 Å². The number of hydrogen-bond acceptors (Lipinski definition) is 3. The Kier molecular flexibility index (Phi) is 6.52. The summed E-state index contributed by atoms with van der Waals surface area (Å²) in [5.74, 6) is 0.825. The number of anilines is 1. The lowest BCUT2D eigenvalue weighted by molar-refractivity contribution is -0.115. The van der Waals surface area contributed by atoms with E-state index in [1.165, 1.54) is 6.08 Å². The van der Waals surface area contributed by atoms with E-state index in [0.29, 0.717) is 27.3 Å². The van der Waals surface area contributed by atoms with Crippen molar-refractivity contribution in [1.82, 2.24) is 5.32 Å². The van der Waals surface area contributed by atoms with Gasteiger partial charge in [-0.1, -0.05) is 41.4 Å². The van der Waals surface area contributed by atoms with Crippen LogP contribution in [0.2, 0.25) is 10.0 Å². The van der Waals surface area contributed by atoms with Crippen LogP contribution in [0.25, 0.3) is 17.4 Å². The number of aryl methyl sites for hydroxylation is 1. The van der Waals surface area contributed by atoms with Gasteiger partial charge in [-0.25, -0.2) is 0 Å². The maximum absolute atomic E-state index is 12.0. The van der Waals surface area contributed by atoms with Gasteiger partial charge in [0.25, 0.3) is 0 Å². The highest BCUT2D eigenvalue weighted by Crippen LogP contribution is 2.27. The Hall–Kier alpha value is -2.60. The van der Waals surface area contributed by atoms with Crippen LogP contribution in [0.3, 0.4) is 0 Å². The number of amides is 1. The minimum atomic E-state index is -0.379. The van der Waals surface area contributed by atoms with Crippen LogP contribution >= 0.6 is 35.4 Å². The number of hydrogen-bond donors (Lipinski definition) is 2. The Balaban J connectivity index is 1.59. The number of carbonyl (C=O) groups is 1. The Morgan fingerprint density at radius 3 is 2.68 bits per heavy atom. The van der Waals surface area contributed by atoms with Gasteiger partial charge < -0.3 is 9.73 Å². The molecule has 0 fully saturated rings. The fourth-order valence-corrected chi connectivity index (χ4v) is 2.97. The summed E-state index contributed by atoms with van der Waals surface area (Å²) in [5.41, 5.74) is 2.55. The summed E-state index contributed by atoms with van der Waals surface area (Å²) in [4.78, 5) is 12.0. The molecular weight excluding hydrogens is 415 g/mol. The minimum absolute atomic E-state index is 0.173. The lowest BCUT2D eigenvalue weighted by atomic mass is 10.1. The van der Waals surface area contributed by atoms with E-state index >= 15 is 0 Å². The van der Waals surface area contributed by atoms with Crippen molar-refractivity contribution >= 4 is 58.2 Å². The van der Waals surface area contributed by atoms with Gasteiger partial charge in [-0.15, -0.1) is 0 Å². The summed E-state index contributed by atoms with van der Waals surface area (Å²) in [5, 5.41) is 6.87. The molecule has 0 spiro atoms. The van der Waals surface area contributed by atoms with E-state index in [4.69, 9.17) is 39.8 Å². The monoisotopic (exact) mass is 430 g/mol. The zero-order valence-electron chi connectivity index (χ0n) is 14.8. The highest BCUT2D eigenvalue weighted by Gasteiger charge is 2.06. The zero-order chi connectivity index (χ0) is 20.1. The first kappa shape index (κ1) is 20.1. The molecule has 0 aliphatic heterocycles. The predicted octanol–water partition coefficient (Wildman–Crippen LogP) is 6.09. The second-order valence-electron chi connectivity index (χ2n) is 5.95. The first-order valence-electron chi connectivity index (χ1n) is 8.33. The molecular formula is C21H16Cl2N2O2S. The quantitative estimate of drug-likeness (QED) is 0.388. The molecule has 2 N–H and O–H groups in total. The molecule has 3 aromatic rings. The smallest absolute Gasteiger partial charge is 0.250 e. The van der Waals surface area contributed by atoms with Crippen LogP contribution in [-0.4, -0.2) is 11.0 Å². The fourth-order valence-electron chi connectivity index (χ4n) is 2.38. The van der Waals surface area contributed by atoms with E-state index in [1.54, 1.807) is 36.4 Å². The minimum Gasteiger partial charge on any atom is -0.457 e. The lowest BCUT2D eigenvalue weighted by Gasteiger charge is -2.08. The molecule has 2 aromatic carbocycles. The molecule has 0 unspecified atom stereocenters. The maximum Gasteiger partial charge on any atom is 0.250 e.